The van der Waals surface area contributed by atoms with Crippen molar-refractivity contribution < 1.29 is 4.74 Å². The van der Waals surface area contributed by atoms with E-state index in [1.54, 1.807) is 12.1 Å². The number of nitrogens with zero attached hydrogens (tertiary/aromatic N) is 2. The van der Waals surface area contributed by atoms with Crippen molar-refractivity contribution in [2.75, 3.05) is 5.73 Å². The van der Waals surface area contributed by atoms with E-state index in [2.05, 4.69) is 25.9 Å². The monoisotopic (exact) mass is 299 g/mol. The molecule has 6 heteroatoms. The summed E-state index contributed by atoms with van der Waals surface area (Å²) in [7, 11) is 0. The van der Waals surface area contributed by atoms with Crippen molar-refractivity contribution in [3.8, 4) is 11.6 Å². The van der Waals surface area contributed by atoms with Gasteiger partial charge in [-0.05, 0) is 28.1 Å². The zero-order chi connectivity index (χ0) is 11.5. The van der Waals surface area contributed by atoms with Crippen LogP contribution in [0.15, 0.2) is 34.9 Å². The van der Waals surface area contributed by atoms with Crippen LogP contribution in [0.25, 0.3) is 0 Å². The molecule has 0 saturated carbocycles. The lowest BCUT2D eigenvalue weighted by molar-refractivity contribution is 0.459. The molecule has 0 aliphatic rings. The molecule has 0 amide bonds. The van der Waals surface area contributed by atoms with Crippen molar-refractivity contribution in [1.29, 1.82) is 0 Å². The lowest BCUT2D eigenvalue weighted by atomic mass is 10.3. The fraction of sp³-hybridized carbons (Fsp3) is 0. The maximum atomic E-state index is 5.95. The molecular weight excluding hydrogens is 293 g/mol. The minimum absolute atomic E-state index is 0.144. The molecule has 1 aromatic heterocycles. The Bertz CT molecular complexity index is 521. The summed E-state index contributed by atoms with van der Waals surface area (Å²) in [5.74, 6) is 0.994. The van der Waals surface area contributed by atoms with Crippen LogP contribution in [0, 0.1) is 0 Å². The zero-order valence-electron chi connectivity index (χ0n) is 8.02. The van der Waals surface area contributed by atoms with Crippen LogP contribution < -0.4 is 10.5 Å². The molecule has 0 radical (unpaired) electrons. The Hall–Kier alpha value is -1.33. The Morgan fingerprint density at radius 1 is 1.31 bits per heavy atom. The van der Waals surface area contributed by atoms with Gasteiger partial charge in [0.1, 0.15) is 5.75 Å². The van der Waals surface area contributed by atoms with E-state index in [9.17, 15) is 0 Å². The SMILES string of the molecule is Nc1ncc(Br)c(Oc2ccccc2Cl)n1. The van der Waals surface area contributed by atoms with Crippen LogP contribution in [0.1, 0.15) is 0 Å². The van der Waals surface area contributed by atoms with Crippen molar-refractivity contribution in [3.63, 3.8) is 0 Å². The second-order valence-corrected chi connectivity index (χ2v) is 4.18. The molecule has 0 spiro atoms. The summed E-state index contributed by atoms with van der Waals surface area (Å²) >= 11 is 9.22. The smallest absolute Gasteiger partial charge is 0.238 e. The largest absolute Gasteiger partial charge is 0.436 e. The van der Waals surface area contributed by atoms with Crippen LogP contribution in [-0.4, -0.2) is 9.97 Å². The molecule has 0 bridgehead atoms. The first-order chi connectivity index (χ1) is 7.66. The van der Waals surface area contributed by atoms with Crippen molar-refractivity contribution in [3.05, 3.63) is 40.0 Å². The number of hydrogen-bond donors (Lipinski definition) is 1. The standard InChI is InChI=1S/C10H7BrClN3O/c11-6-5-14-10(13)15-9(6)16-8-4-2-1-3-7(8)12/h1-5H,(H2,13,14,15). The van der Waals surface area contributed by atoms with Crippen molar-refractivity contribution in [2.45, 2.75) is 0 Å². The first kappa shape index (κ1) is 11.2. The van der Waals surface area contributed by atoms with E-state index in [-0.39, 0.29) is 5.95 Å². The molecule has 1 heterocycles. The maximum absolute atomic E-state index is 5.95. The fourth-order valence-electron chi connectivity index (χ4n) is 1.07. The van der Waals surface area contributed by atoms with Gasteiger partial charge in [-0.3, -0.25) is 0 Å². The van der Waals surface area contributed by atoms with Crippen LogP contribution in [0.5, 0.6) is 11.6 Å². The lowest BCUT2D eigenvalue weighted by Gasteiger charge is -2.07. The number of nitrogen functional groups attached to an aromatic ring is 1. The fourth-order valence-corrected chi connectivity index (χ4v) is 1.51. The molecule has 4 nitrogen and oxygen atoms in total. The highest BCUT2D eigenvalue weighted by Crippen LogP contribution is 2.31. The van der Waals surface area contributed by atoms with E-state index in [0.29, 0.717) is 21.1 Å². The van der Waals surface area contributed by atoms with Gasteiger partial charge in [-0.25, -0.2) is 4.98 Å². The van der Waals surface area contributed by atoms with Gasteiger partial charge in [-0.15, -0.1) is 0 Å². The number of halogens is 2. The molecule has 0 unspecified atom stereocenters. The Balaban J connectivity index is 2.34. The first-order valence-corrected chi connectivity index (χ1v) is 5.54. The summed E-state index contributed by atoms with van der Waals surface area (Å²) in [4.78, 5) is 7.76. The van der Waals surface area contributed by atoms with Gasteiger partial charge < -0.3 is 10.5 Å². The van der Waals surface area contributed by atoms with Crippen LogP contribution in [-0.2, 0) is 0 Å². The van der Waals surface area contributed by atoms with Gasteiger partial charge in [0.2, 0.25) is 11.8 Å². The summed E-state index contributed by atoms with van der Waals surface area (Å²) in [6.45, 7) is 0. The van der Waals surface area contributed by atoms with Crippen molar-refractivity contribution >= 4 is 33.5 Å². The number of rotatable bonds is 2. The highest BCUT2D eigenvalue weighted by atomic mass is 79.9. The van der Waals surface area contributed by atoms with Crippen LogP contribution in [0.3, 0.4) is 0 Å². The minimum atomic E-state index is 0.144. The molecule has 2 rings (SSSR count). The summed E-state index contributed by atoms with van der Waals surface area (Å²) in [6.07, 6.45) is 1.52. The molecule has 2 aromatic rings. The molecule has 0 aliphatic heterocycles. The minimum Gasteiger partial charge on any atom is -0.436 e. The Morgan fingerprint density at radius 2 is 2.06 bits per heavy atom. The lowest BCUT2D eigenvalue weighted by Crippen LogP contribution is -1.97. The van der Waals surface area contributed by atoms with Crippen LogP contribution >= 0.6 is 27.5 Å². The van der Waals surface area contributed by atoms with E-state index in [1.807, 2.05) is 12.1 Å². The van der Waals surface area contributed by atoms with Crippen LogP contribution in [0.4, 0.5) is 5.95 Å². The third-order valence-corrected chi connectivity index (χ3v) is 2.63. The Morgan fingerprint density at radius 3 is 2.81 bits per heavy atom. The van der Waals surface area contributed by atoms with E-state index in [0.717, 1.165) is 0 Å². The third-order valence-electron chi connectivity index (χ3n) is 1.77. The van der Waals surface area contributed by atoms with E-state index >= 15 is 0 Å². The molecular formula is C10H7BrClN3O. The topological polar surface area (TPSA) is 61.0 Å². The second kappa shape index (κ2) is 4.67. The van der Waals surface area contributed by atoms with Gasteiger partial charge in [0.25, 0.3) is 0 Å². The summed E-state index contributed by atoms with van der Waals surface area (Å²) in [5.41, 5.74) is 5.46. The predicted octanol–water partition coefficient (Wildman–Crippen LogP) is 3.27. The number of hydrogen-bond acceptors (Lipinski definition) is 4. The molecule has 0 fully saturated rings. The van der Waals surface area contributed by atoms with Gasteiger partial charge in [0.15, 0.2) is 0 Å². The normalized spacial score (nSPS) is 10.1. The number of benzene rings is 1. The number of aromatic nitrogens is 2. The van der Waals surface area contributed by atoms with Crippen molar-refractivity contribution in [2.24, 2.45) is 0 Å². The molecule has 1 aromatic carbocycles. The molecule has 0 atom stereocenters. The second-order valence-electron chi connectivity index (χ2n) is 2.91. The molecule has 2 N–H and O–H groups in total. The molecule has 82 valence electrons. The molecule has 0 saturated heterocycles. The number of ether oxygens (including phenoxy) is 1. The van der Waals surface area contributed by atoms with Gasteiger partial charge >= 0.3 is 0 Å². The summed E-state index contributed by atoms with van der Waals surface area (Å²) in [6, 6.07) is 7.11. The summed E-state index contributed by atoms with van der Waals surface area (Å²) in [5, 5.41) is 0.506. The average molecular weight is 301 g/mol. The van der Waals surface area contributed by atoms with Crippen LogP contribution in [0.2, 0.25) is 5.02 Å². The first-order valence-electron chi connectivity index (χ1n) is 4.37. The Kier molecular flexibility index (Phi) is 3.26. The number of anilines is 1. The summed E-state index contributed by atoms with van der Waals surface area (Å²) < 4.78 is 6.12. The van der Waals surface area contributed by atoms with E-state index in [1.165, 1.54) is 6.20 Å². The quantitative estimate of drug-likeness (QED) is 0.924. The molecule has 16 heavy (non-hydrogen) atoms. The zero-order valence-corrected chi connectivity index (χ0v) is 10.4. The van der Waals surface area contributed by atoms with Gasteiger partial charge in [0, 0.05) is 0 Å². The molecule has 0 aliphatic carbocycles. The van der Waals surface area contributed by atoms with Gasteiger partial charge in [-0.2, -0.15) is 4.98 Å². The highest BCUT2D eigenvalue weighted by Gasteiger charge is 2.08. The highest BCUT2D eigenvalue weighted by molar-refractivity contribution is 9.10. The average Bonchev–Trinajstić information content (AvgIpc) is 2.27. The van der Waals surface area contributed by atoms with Gasteiger partial charge in [-0.1, -0.05) is 23.7 Å². The number of nitrogens with two attached hydrogens (primary N) is 1. The Labute approximate surface area is 106 Å². The van der Waals surface area contributed by atoms with Crippen molar-refractivity contribution in [1.82, 2.24) is 9.97 Å². The van der Waals surface area contributed by atoms with Gasteiger partial charge in [0.05, 0.1) is 15.7 Å². The number of para-hydroxylation sites is 1. The third kappa shape index (κ3) is 2.43. The van der Waals surface area contributed by atoms with E-state index < -0.39 is 0 Å². The predicted molar refractivity (Wildman–Crippen MR) is 65.7 cm³/mol. The van der Waals surface area contributed by atoms with E-state index in [4.69, 9.17) is 22.1 Å². The maximum Gasteiger partial charge on any atom is 0.238 e.